The topological polar surface area (TPSA) is 67.4 Å². The van der Waals surface area contributed by atoms with Crippen LogP contribution in [0.15, 0.2) is 0 Å². The van der Waals surface area contributed by atoms with Crippen molar-refractivity contribution in [3.05, 3.63) is 0 Å². The lowest BCUT2D eigenvalue weighted by Gasteiger charge is -2.19. The van der Waals surface area contributed by atoms with E-state index in [2.05, 4.69) is 16.9 Å². The van der Waals surface area contributed by atoms with Gasteiger partial charge in [0.05, 0.1) is 6.61 Å². The molecular weight excluding hydrogens is 240 g/mol. The Bertz CT molecular complexity index is 273. The summed E-state index contributed by atoms with van der Waals surface area (Å²) >= 11 is 1.78. The van der Waals surface area contributed by atoms with Crippen LogP contribution >= 0.6 is 11.8 Å². The molecule has 0 heterocycles. The van der Waals surface area contributed by atoms with Crippen LogP contribution in [0.1, 0.15) is 26.2 Å². The fourth-order valence-corrected chi connectivity index (χ4v) is 2.89. The molecule has 1 rings (SSSR count). The molecule has 2 amide bonds. The number of ether oxygens (including phenoxy) is 1. The highest BCUT2D eigenvalue weighted by molar-refractivity contribution is 7.99. The van der Waals surface area contributed by atoms with Crippen molar-refractivity contribution in [3.8, 4) is 0 Å². The summed E-state index contributed by atoms with van der Waals surface area (Å²) in [4.78, 5) is 22.6. The van der Waals surface area contributed by atoms with Gasteiger partial charge in [-0.2, -0.15) is 11.8 Å². The van der Waals surface area contributed by atoms with E-state index in [9.17, 15) is 9.59 Å². The van der Waals surface area contributed by atoms with Gasteiger partial charge in [0.15, 0.2) is 0 Å². The Balaban J connectivity index is 2.22. The van der Waals surface area contributed by atoms with E-state index in [1.54, 1.807) is 18.7 Å². The maximum absolute atomic E-state index is 11.5. The van der Waals surface area contributed by atoms with Gasteiger partial charge >= 0.3 is 12.0 Å². The molecular formula is C11H20N2O3S. The molecule has 1 fully saturated rings. The van der Waals surface area contributed by atoms with E-state index in [1.807, 2.05) is 0 Å². The second-order valence-electron chi connectivity index (χ2n) is 3.94. The van der Waals surface area contributed by atoms with Crippen molar-refractivity contribution >= 4 is 23.8 Å². The molecule has 0 aromatic carbocycles. The zero-order valence-corrected chi connectivity index (χ0v) is 11.1. The molecule has 0 saturated heterocycles. The summed E-state index contributed by atoms with van der Waals surface area (Å²) in [5.41, 5.74) is 0. The predicted octanol–water partition coefficient (Wildman–Crippen LogP) is 1.13. The molecule has 2 atom stereocenters. The summed E-state index contributed by atoms with van der Waals surface area (Å²) < 4.78 is 4.72. The average molecular weight is 260 g/mol. The van der Waals surface area contributed by atoms with Gasteiger partial charge in [0.1, 0.15) is 6.54 Å². The smallest absolute Gasteiger partial charge is 0.325 e. The van der Waals surface area contributed by atoms with Crippen LogP contribution in [-0.4, -0.2) is 42.7 Å². The van der Waals surface area contributed by atoms with Gasteiger partial charge in [0, 0.05) is 11.3 Å². The highest BCUT2D eigenvalue weighted by Crippen LogP contribution is 2.28. The maximum Gasteiger partial charge on any atom is 0.325 e. The second kappa shape index (κ2) is 7.42. The Morgan fingerprint density at radius 3 is 2.82 bits per heavy atom. The molecule has 1 saturated carbocycles. The van der Waals surface area contributed by atoms with E-state index in [0.717, 1.165) is 19.3 Å². The normalized spacial score (nSPS) is 23.2. The van der Waals surface area contributed by atoms with E-state index in [-0.39, 0.29) is 18.6 Å². The van der Waals surface area contributed by atoms with E-state index in [0.29, 0.717) is 11.9 Å². The fraction of sp³-hybridized carbons (Fsp3) is 0.818. The minimum Gasteiger partial charge on any atom is -0.465 e. The van der Waals surface area contributed by atoms with Gasteiger partial charge in [0.25, 0.3) is 0 Å². The third-order valence-electron chi connectivity index (χ3n) is 2.77. The van der Waals surface area contributed by atoms with E-state index in [1.165, 1.54) is 0 Å². The van der Waals surface area contributed by atoms with Crippen LogP contribution < -0.4 is 10.6 Å². The van der Waals surface area contributed by atoms with Gasteiger partial charge < -0.3 is 15.4 Å². The Hall–Kier alpha value is -0.910. The Kier molecular flexibility index (Phi) is 6.18. The number of thioether (sulfide) groups is 1. The summed E-state index contributed by atoms with van der Waals surface area (Å²) in [5, 5.41) is 5.89. The molecule has 17 heavy (non-hydrogen) atoms. The monoisotopic (exact) mass is 260 g/mol. The first-order valence-corrected chi connectivity index (χ1v) is 7.19. The summed E-state index contributed by atoms with van der Waals surface area (Å²) in [7, 11) is 0. The third kappa shape index (κ3) is 4.85. The highest BCUT2D eigenvalue weighted by atomic mass is 32.2. The van der Waals surface area contributed by atoms with E-state index < -0.39 is 5.97 Å². The zero-order chi connectivity index (χ0) is 12.7. The molecule has 98 valence electrons. The summed E-state index contributed by atoms with van der Waals surface area (Å²) in [6, 6.07) is -0.0730. The lowest BCUT2D eigenvalue weighted by atomic mass is 10.2. The first kappa shape index (κ1) is 14.2. The van der Waals surface area contributed by atoms with Gasteiger partial charge in [-0.3, -0.25) is 4.79 Å². The third-order valence-corrected chi connectivity index (χ3v) is 3.94. The van der Waals surface area contributed by atoms with Gasteiger partial charge in [-0.05, 0) is 26.0 Å². The van der Waals surface area contributed by atoms with Crippen molar-refractivity contribution in [3.63, 3.8) is 0 Å². The van der Waals surface area contributed by atoms with Crippen LogP contribution in [0, 0.1) is 0 Å². The molecule has 1 aliphatic carbocycles. The number of esters is 1. The van der Waals surface area contributed by atoms with Crippen LogP contribution in [-0.2, 0) is 9.53 Å². The van der Waals surface area contributed by atoms with Crippen molar-refractivity contribution in [2.45, 2.75) is 37.5 Å². The van der Waals surface area contributed by atoms with Crippen molar-refractivity contribution < 1.29 is 14.3 Å². The van der Waals surface area contributed by atoms with Gasteiger partial charge in [-0.25, -0.2) is 4.79 Å². The number of rotatable bonds is 5. The molecule has 0 bridgehead atoms. The molecule has 2 unspecified atom stereocenters. The quantitative estimate of drug-likeness (QED) is 0.727. The average Bonchev–Trinajstić information content (AvgIpc) is 2.74. The predicted molar refractivity (Wildman–Crippen MR) is 68.1 cm³/mol. The number of carbonyl (C=O) groups excluding carboxylic acids is 2. The molecule has 0 aliphatic heterocycles. The van der Waals surface area contributed by atoms with Gasteiger partial charge in [0.2, 0.25) is 0 Å². The minimum atomic E-state index is -0.407. The van der Waals surface area contributed by atoms with Crippen LogP contribution in [0.2, 0.25) is 0 Å². The largest absolute Gasteiger partial charge is 0.465 e. The number of nitrogens with one attached hydrogen (secondary N) is 2. The number of hydrogen-bond acceptors (Lipinski definition) is 4. The van der Waals surface area contributed by atoms with Crippen LogP contribution in [0.5, 0.6) is 0 Å². The van der Waals surface area contributed by atoms with E-state index >= 15 is 0 Å². The van der Waals surface area contributed by atoms with Crippen molar-refractivity contribution in [1.82, 2.24) is 10.6 Å². The molecule has 0 aromatic rings. The number of urea groups is 1. The maximum atomic E-state index is 11.5. The number of carbonyl (C=O) groups is 2. The molecule has 1 aliphatic rings. The zero-order valence-electron chi connectivity index (χ0n) is 10.3. The van der Waals surface area contributed by atoms with Crippen molar-refractivity contribution in [2.24, 2.45) is 0 Å². The summed E-state index contributed by atoms with van der Waals surface area (Å²) in [6.45, 7) is 2.00. The molecule has 2 N–H and O–H groups in total. The number of amides is 2. The minimum absolute atomic E-state index is 0.0731. The first-order chi connectivity index (χ1) is 8.17. The van der Waals surface area contributed by atoms with Crippen LogP contribution in [0.3, 0.4) is 0 Å². The SMILES string of the molecule is CCOC(=O)CNC(=O)NC1CCCC1SC. The molecule has 6 heteroatoms. The van der Waals surface area contributed by atoms with Crippen molar-refractivity contribution in [1.29, 1.82) is 0 Å². The fourth-order valence-electron chi connectivity index (χ4n) is 1.96. The lowest BCUT2D eigenvalue weighted by Crippen LogP contribution is -2.46. The number of hydrogen-bond donors (Lipinski definition) is 2. The molecule has 5 nitrogen and oxygen atoms in total. The second-order valence-corrected chi connectivity index (χ2v) is 5.02. The van der Waals surface area contributed by atoms with Crippen molar-refractivity contribution in [2.75, 3.05) is 19.4 Å². The standard InChI is InChI=1S/C11H20N2O3S/c1-3-16-10(14)7-12-11(15)13-8-5-4-6-9(8)17-2/h8-9H,3-7H2,1-2H3,(H2,12,13,15). The summed E-state index contributed by atoms with van der Waals surface area (Å²) in [6.07, 6.45) is 5.36. The Morgan fingerprint density at radius 1 is 1.41 bits per heavy atom. The Labute approximate surface area is 106 Å². The van der Waals surface area contributed by atoms with Crippen LogP contribution in [0.4, 0.5) is 4.79 Å². The Morgan fingerprint density at radius 2 is 2.18 bits per heavy atom. The van der Waals surface area contributed by atoms with Gasteiger partial charge in [-0.1, -0.05) is 6.42 Å². The van der Waals surface area contributed by atoms with Crippen LogP contribution in [0.25, 0.3) is 0 Å². The van der Waals surface area contributed by atoms with E-state index in [4.69, 9.17) is 4.74 Å². The first-order valence-electron chi connectivity index (χ1n) is 5.90. The molecule has 0 radical (unpaired) electrons. The lowest BCUT2D eigenvalue weighted by molar-refractivity contribution is -0.141. The highest BCUT2D eigenvalue weighted by Gasteiger charge is 2.27. The molecule has 0 aromatic heterocycles. The van der Waals surface area contributed by atoms with Gasteiger partial charge in [-0.15, -0.1) is 0 Å². The summed E-state index contributed by atoms with van der Waals surface area (Å²) in [5.74, 6) is -0.407. The molecule has 0 spiro atoms.